The number of nitrogens with two attached hydrogens (primary N) is 1. The third-order valence-electron chi connectivity index (χ3n) is 5.16. The van der Waals surface area contributed by atoms with E-state index in [1.54, 1.807) is 30.3 Å². The molecule has 0 fully saturated rings. The summed E-state index contributed by atoms with van der Waals surface area (Å²) in [5.74, 6) is -4.05. The van der Waals surface area contributed by atoms with Gasteiger partial charge in [-0.05, 0) is 18.2 Å². The third kappa shape index (κ3) is 5.49. The highest BCUT2D eigenvalue weighted by Crippen LogP contribution is 2.32. The van der Waals surface area contributed by atoms with Crippen molar-refractivity contribution in [3.63, 3.8) is 0 Å². The van der Waals surface area contributed by atoms with Crippen molar-refractivity contribution in [2.75, 3.05) is 10.6 Å². The molecule has 0 aliphatic rings. The van der Waals surface area contributed by atoms with Gasteiger partial charge in [-0.25, -0.2) is 9.97 Å². The van der Waals surface area contributed by atoms with Gasteiger partial charge < -0.3 is 21.8 Å². The average molecular weight is 521 g/mol. The van der Waals surface area contributed by atoms with Gasteiger partial charge in [0, 0.05) is 23.8 Å². The Hall–Kier alpha value is -4.57. The molecule has 13 heteroatoms. The zero-order valence-electron chi connectivity index (χ0n) is 19.5. The van der Waals surface area contributed by atoms with Gasteiger partial charge in [-0.1, -0.05) is 24.8 Å². The van der Waals surface area contributed by atoms with Crippen LogP contribution in [-0.2, 0) is 4.79 Å². The van der Waals surface area contributed by atoms with Gasteiger partial charge in [0.15, 0.2) is 5.82 Å². The van der Waals surface area contributed by atoms with Crippen molar-refractivity contribution in [3.8, 4) is 5.82 Å². The first-order valence-electron chi connectivity index (χ1n) is 10.8. The molecular formula is C24H22F2N9OP. The van der Waals surface area contributed by atoms with Crippen molar-refractivity contribution in [2.24, 2.45) is 5.73 Å². The number of alkyl halides is 2. The molecule has 0 radical (unpaired) electrons. The number of amides is 1. The number of anilines is 2. The summed E-state index contributed by atoms with van der Waals surface area (Å²) >= 11 is 0. The quantitative estimate of drug-likeness (QED) is 0.158. The molecule has 0 aliphatic carbocycles. The molecule has 1 atom stereocenters. The Labute approximate surface area is 212 Å². The minimum absolute atomic E-state index is 0.141. The van der Waals surface area contributed by atoms with Crippen LogP contribution in [0.15, 0.2) is 72.8 Å². The van der Waals surface area contributed by atoms with Gasteiger partial charge in [0.1, 0.15) is 0 Å². The van der Waals surface area contributed by atoms with Crippen LogP contribution in [-0.4, -0.2) is 43.0 Å². The topological polar surface area (TPSA) is 147 Å². The Morgan fingerprint density at radius 1 is 1.22 bits per heavy atom. The van der Waals surface area contributed by atoms with E-state index in [4.69, 9.17) is 11.1 Å². The summed E-state index contributed by atoms with van der Waals surface area (Å²) in [5, 5.41) is 22.0. The average Bonchev–Trinajstić information content (AvgIpc) is 3.37. The summed E-state index contributed by atoms with van der Waals surface area (Å²) in [7, 11) is 2.44. The minimum atomic E-state index is -3.52. The minimum Gasteiger partial charge on any atom is -0.397 e. The lowest BCUT2D eigenvalue weighted by Gasteiger charge is -2.22. The van der Waals surface area contributed by atoms with E-state index < -0.39 is 23.1 Å². The zero-order chi connectivity index (χ0) is 26.7. The molecule has 10 nitrogen and oxygen atoms in total. The highest BCUT2D eigenvalue weighted by Gasteiger charge is 2.33. The van der Waals surface area contributed by atoms with E-state index >= 15 is 0 Å². The second kappa shape index (κ2) is 10.2. The van der Waals surface area contributed by atoms with Crippen molar-refractivity contribution in [2.45, 2.75) is 12.8 Å². The van der Waals surface area contributed by atoms with Crippen LogP contribution >= 0.6 is 9.24 Å². The number of benzene rings is 1. The summed E-state index contributed by atoms with van der Waals surface area (Å²) in [6.45, 7) is 4.30. The molecule has 1 aromatic carbocycles. The van der Waals surface area contributed by atoms with Crippen LogP contribution in [0.3, 0.4) is 0 Å². The highest BCUT2D eigenvalue weighted by molar-refractivity contribution is 7.27. The van der Waals surface area contributed by atoms with Crippen LogP contribution in [0.1, 0.15) is 12.6 Å². The molecule has 3 heterocycles. The van der Waals surface area contributed by atoms with E-state index in [0.717, 1.165) is 0 Å². The molecule has 1 unspecified atom stereocenters. The molecule has 188 valence electrons. The molecule has 3 aromatic heterocycles. The number of carbonyl (C=O) groups is 1. The van der Waals surface area contributed by atoms with E-state index in [9.17, 15) is 13.6 Å². The Kier molecular flexibility index (Phi) is 7.03. The van der Waals surface area contributed by atoms with Crippen LogP contribution < -0.4 is 21.7 Å². The first-order valence-corrected chi connectivity index (χ1v) is 11.3. The fourth-order valence-corrected chi connectivity index (χ4v) is 3.85. The molecule has 0 aliphatic heterocycles. The Bertz CT molecular complexity index is 1550. The second-order valence-electron chi connectivity index (χ2n) is 7.95. The maximum absolute atomic E-state index is 14.8. The van der Waals surface area contributed by atoms with Gasteiger partial charge in [0.2, 0.25) is 0 Å². The molecule has 1 amide bonds. The van der Waals surface area contributed by atoms with Gasteiger partial charge in [-0.3, -0.25) is 4.79 Å². The van der Waals surface area contributed by atoms with Gasteiger partial charge in [0.05, 0.1) is 58.1 Å². The number of carbonyl (C=O) groups excluding carboxylic acids is 1. The molecule has 0 saturated carbocycles. The largest absolute Gasteiger partial charge is 0.397 e. The van der Waals surface area contributed by atoms with E-state index in [1.165, 1.54) is 29.5 Å². The monoisotopic (exact) mass is 521 g/mol. The number of hydrogen-bond acceptors (Lipinski definition) is 8. The number of rotatable bonds is 8. The number of pyridine rings is 2. The molecule has 4 aromatic rings. The second-order valence-corrected chi connectivity index (χ2v) is 8.58. The van der Waals surface area contributed by atoms with E-state index in [1.807, 2.05) is 0 Å². The number of hydrogen-bond donors (Lipinski definition) is 4. The Morgan fingerprint density at radius 2 is 1.92 bits per heavy atom. The van der Waals surface area contributed by atoms with E-state index in [2.05, 4.69) is 46.6 Å². The van der Waals surface area contributed by atoms with Crippen molar-refractivity contribution < 1.29 is 13.6 Å². The lowest BCUT2D eigenvalue weighted by Crippen LogP contribution is -2.28. The van der Waals surface area contributed by atoms with Gasteiger partial charge in [-0.15, -0.1) is 14.0 Å². The number of nitrogens with one attached hydrogen (secondary N) is 3. The van der Waals surface area contributed by atoms with Crippen molar-refractivity contribution in [3.05, 3.63) is 78.5 Å². The summed E-state index contributed by atoms with van der Waals surface area (Å²) in [6, 6.07) is 9.86. The van der Waals surface area contributed by atoms with E-state index in [-0.39, 0.29) is 22.8 Å². The molecule has 5 N–H and O–H groups in total. The molecular weight excluding hydrogens is 499 g/mol. The maximum Gasteiger partial charge on any atom is 0.285 e. The predicted molar refractivity (Wildman–Crippen MR) is 142 cm³/mol. The number of nitrogens with zero attached hydrogens (tertiary/aromatic N) is 5. The molecule has 0 bridgehead atoms. The highest BCUT2D eigenvalue weighted by atomic mass is 31.0. The Balaban J connectivity index is 1.73. The fourth-order valence-electron chi connectivity index (χ4n) is 3.48. The van der Waals surface area contributed by atoms with Crippen LogP contribution in [0.2, 0.25) is 0 Å². The number of allylic oxidation sites excluding steroid dienone is 1. The van der Waals surface area contributed by atoms with Crippen LogP contribution in [0.4, 0.5) is 20.2 Å². The molecule has 4 rings (SSSR count). The third-order valence-corrected chi connectivity index (χ3v) is 5.59. The Morgan fingerprint density at radius 3 is 2.54 bits per heavy atom. The standard InChI is InChI=1S/C24H22F2N9OP/c1-13(28)18-10-19(15-5-3-4-6-17(15)33-18)34-21(24(2,25)26)16(11-27)23(36)32-14-9-20(37)22(29-12-14)35-30-7-8-31-35/h3-12,27H,1,28,37H2,2H3,(H,32,36)(H,33,34)/b21-16+,27-11?. The lowest BCUT2D eigenvalue weighted by atomic mass is 10.1. The first kappa shape index (κ1) is 25.5. The SMILES string of the molecule is C=C(N)c1cc(N/C(=C(\C=N)C(=O)Nc2cnc(-n3nccn3)c(P)c2)C(C)(F)F)c2ccccc2n1. The van der Waals surface area contributed by atoms with E-state index in [0.29, 0.717) is 35.2 Å². The number of para-hydroxylation sites is 1. The predicted octanol–water partition coefficient (Wildman–Crippen LogP) is 3.25. The number of aromatic nitrogens is 5. The van der Waals surface area contributed by atoms with Crippen LogP contribution in [0.25, 0.3) is 22.4 Å². The summed E-state index contributed by atoms with van der Waals surface area (Å²) in [4.78, 5) is 23.0. The molecule has 0 saturated heterocycles. The van der Waals surface area contributed by atoms with Crippen molar-refractivity contribution >= 4 is 54.6 Å². The molecule has 37 heavy (non-hydrogen) atoms. The number of halogens is 2. The van der Waals surface area contributed by atoms with Crippen LogP contribution in [0.5, 0.6) is 0 Å². The van der Waals surface area contributed by atoms with Crippen LogP contribution in [0, 0.1) is 5.41 Å². The normalized spacial score (nSPS) is 12.1. The van der Waals surface area contributed by atoms with Gasteiger partial charge >= 0.3 is 0 Å². The maximum atomic E-state index is 14.8. The fraction of sp³-hybridized carbons (Fsp3) is 0.0833. The molecule has 0 spiro atoms. The van der Waals surface area contributed by atoms with Gasteiger partial charge in [-0.2, -0.15) is 19.0 Å². The summed E-state index contributed by atoms with van der Waals surface area (Å²) < 4.78 is 29.7. The lowest BCUT2D eigenvalue weighted by molar-refractivity contribution is -0.112. The summed E-state index contributed by atoms with van der Waals surface area (Å²) in [6.07, 6.45) is 4.87. The smallest absolute Gasteiger partial charge is 0.285 e. The first-order chi connectivity index (χ1) is 17.6. The summed E-state index contributed by atoms with van der Waals surface area (Å²) in [5.41, 5.74) is 5.80. The number of fused-ring (bicyclic) bond motifs is 1. The van der Waals surface area contributed by atoms with Crippen molar-refractivity contribution in [1.82, 2.24) is 25.0 Å². The van der Waals surface area contributed by atoms with Gasteiger partial charge in [0.25, 0.3) is 11.8 Å². The zero-order valence-corrected chi connectivity index (χ0v) is 20.7. The van der Waals surface area contributed by atoms with Crippen molar-refractivity contribution in [1.29, 1.82) is 5.41 Å².